The van der Waals surface area contributed by atoms with Crippen molar-refractivity contribution in [2.45, 2.75) is 45.4 Å². The molecule has 0 saturated heterocycles. The molecule has 4 nitrogen and oxygen atoms in total. The fourth-order valence-electron chi connectivity index (χ4n) is 1.82. The number of carbonyl (C=O) groups excluding carboxylic acids is 1. The summed E-state index contributed by atoms with van der Waals surface area (Å²) >= 11 is 0. The average Bonchev–Trinajstić information content (AvgIpc) is 2.35. The van der Waals surface area contributed by atoms with Crippen molar-refractivity contribution in [3.63, 3.8) is 0 Å². The predicted octanol–water partition coefficient (Wildman–Crippen LogP) is 3.35. The second kappa shape index (κ2) is 6.89. The van der Waals surface area contributed by atoms with Crippen molar-refractivity contribution in [1.82, 2.24) is 0 Å². The summed E-state index contributed by atoms with van der Waals surface area (Å²) in [5.74, 6) is -1.80. The number of hydrogen-bond donors (Lipinski definition) is 3. The number of unbranched alkanes of at least 4 members (excludes halogenated alkanes) is 4. The molecule has 1 aromatic carbocycles. The Morgan fingerprint density at radius 2 is 1.67 bits per heavy atom. The lowest BCUT2D eigenvalue weighted by Gasteiger charge is -2.06. The van der Waals surface area contributed by atoms with Gasteiger partial charge in [-0.05, 0) is 18.6 Å². The van der Waals surface area contributed by atoms with E-state index in [9.17, 15) is 15.0 Å². The van der Waals surface area contributed by atoms with Crippen LogP contribution in [0.3, 0.4) is 0 Å². The van der Waals surface area contributed by atoms with Gasteiger partial charge in [0.25, 0.3) is 0 Å². The van der Waals surface area contributed by atoms with Crippen molar-refractivity contribution in [3.8, 4) is 17.2 Å². The SMILES string of the molecule is CCCCCCCC(=O)c1ccc(O)c(O)c1O. The molecule has 4 heteroatoms. The average molecular weight is 252 g/mol. The van der Waals surface area contributed by atoms with Crippen LogP contribution in [0.25, 0.3) is 0 Å². The Bertz CT molecular complexity index is 413. The molecule has 0 saturated carbocycles. The van der Waals surface area contributed by atoms with Crippen LogP contribution in [0.5, 0.6) is 17.2 Å². The van der Waals surface area contributed by atoms with Crippen molar-refractivity contribution in [3.05, 3.63) is 17.7 Å². The van der Waals surface area contributed by atoms with Crippen LogP contribution in [-0.4, -0.2) is 21.1 Å². The fraction of sp³-hybridized carbons (Fsp3) is 0.500. The Kier molecular flexibility index (Phi) is 5.49. The molecule has 0 bridgehead atoms. The minimum absolute atomic E-state index is 0.0702. The van der Waals surface area contributed by atoms with E-state index < -0.39 is 17.2 Å². The summed E-state index contributed by atoms with van der Waals surface area (Å²) in [5.41, 5.74) is 0.0702. The van der Waals surface area contributed by atoms with Gasteiger partial charge in [-0.3, -0.25) is 4.79 Å². The van der Waals surface area contributed by atoms with E-state index in [0.717, 1.165) is 25.7 Å². The maximum Gasteiger partial charge on any atom is 0.201 e. The van der Waals surface area contributed by atoms with E-state index in [1.807, 2.05) is 0 Å². The van der Waals surface area contributed by atoms with E-state index in [2.05, 4.69) is 6.92 Å². The Balaban J connectivity index is 2.54. The second-order valence-electron chi connectivity index (χ2n) is 4.42. The third kappa shape index (κ3) is 3.65. The third-order valence-corrected chi connectivity index (χ3v) is 2.94. The van der Waals surface area contributed by atoms with Crippen molar-refractivity contribution >= 4 is 5.78 Å². The van der Waals surface area contributed by atoms with Gasteiger partial charge in [0.15, 0.2) is 17.3 Å². The molecule has 0 atom stereocenters. The van der Waals surface area contributed by atoms with Gasteiger partial charge < -0.3 is 15.3 Å². The molecular weight excluding hydrogens is 232 g/mol. The van der Waals surface area contributed by atoms with Gasteiger partial charge in [-0.1, -0.05) is 32.6 Å². The second-order valence-corrected chi connectivity index (χ2v) is 4.42. The molecule has 0 heterocycles. The van der Waals surface area contributed by atoms with Gasteiger partial charge in [-0.25, -0.2) is 0 Å². The third-order valence-electron chi connectivity index (χ3n) is 2.94. The maximum absolute atomic E-state index is 11.8. The molecule has 1 rings (SSSR count). The Labute approximate surface area is 107 Å². The Morgan fingerprint density at radius 1 is 1.00 bits per heavy atom. The molecule has 0 radical (unpaired) electrons. The van der Waals surface area contributed by atoms with Gasteiger partial charge in [0, 0.05) is 6.42 Å². The Morgan fingerprint density at radius 3 is 2.33 bits per heavy atom. The van der Waals surface area contributed by atoms with Gasteiger partial charge in [0.2, 0.25) is 5.75 Å². The van der Waals surface area contributed by atoms with Gasteiger partial charge in [-0.15, -0.1) is 0 Å². The topological polar surface area (TPSA) is 77.8 Å². The lowest BCUT2D eigenvalue weighted by Crippen LogP contribution is -1.99. The van der Waals surface area contributed by atoms with E-state index in [1.54, 1.807) is 0 Å². The molecule has 0 unspecified atom stereocenters. The number of carbonyl (C=O) groups is 1. The lowest BCUT2D eigenvalue weighted by molar-refractivity contribution is 0.0976. The molecule has 0 amide bonds. The van der Waals surface area contributed by atoms with Crippen LogP contribution in [-0.2, 0) is 0 Å². The van der Waals surface area contributed by atoms with Crippen LogP contribution in [0.4, 0.5) is 0 Å². The molecule has 100 valence electrons. The zero-order chi connectivity index (χ0) is 13.5. The minimum Gasteiger partial charge on any atom is -0.504 e. The van der Waals surface area contributed by atoms with Crippen LogP contribution < -0.4 is 0 Å². The standard InChI is InChI=1S/C14H20O4/c1-2-3-4-5-6-7-11(15)10-8-9-12(16)14(18)13(10)17/h8-9,16-18H,2-7H2,1H3. The van der Waals surface area contributed by atoms with E-state index in [-0.39, 0.29) is 11.3 Å². The first-order valence-electron chi connectivity index (χ1n) is 6.35. The van der Waals surface area contributed by atoms with E-state index >= 15 is 0 Å². The summed E-state index contributed by atoms with van der Waals surface area (Å²) in [7, 11) is 0. The van der Waals surface area contributed by atoms with Crippen LogP contribution >= 0.6 is 0 Å². The molecule has 3 N–H and O–H groups in total. The highest BCUT2D eigenvalue weighted by Crippen LogP contribution is 2.37. The number of hydrogen-bond acceptors (Lipinski definition) is 4. The highest BCUT2D eigenvalue weighted by atomic mass is 16.3. The highest BCUT2D eigenvalue weighted by molar-refractivity contribution is 5.99. The van der Waals surface area contributed by atoms with Gasteiger partial charge in [-0.2, -0.15) is 0 Å². The van der Waals surface area contributed by atoms with Crippen molar-refractivity contribution in [2.75, 3.05) is 0 Å². The van der Waals surface area contributed by atoms with Gasteiger partial charge in [0.1, 0.15) is 0 Å². The number of phenolic OH excluding ortho intramolecular Hbond substituents is 3. The molecule has 18 heavy (non-hydrogen) atoms. The van der Waals surface area contributed by atoms with Crippen molar-refractivity contribution in [1.29, 1.82) is 0 Å². The lowest BCUT2D eigenvalue weighted by atomic mass is 10.0. The first-order chi connectivity index (χ1) is 8.57. The summed E-state index contributed by atoms with van der Waals surface area (Å²) < 4.78 is 0. The van der Waals surface area contributed by atoms with Crippen LogP contribution in [0, 0.1) is 0 Å². The molecule has 0 aliphatic carbocycles. The van der Waals surface area contributed by atoms with E-state index in [0.29, 0.717) is 6.42 Å². The highest BCUT2D eigenvalue weighted by Gasteiger charge is 2.16. The first-order valence-corrected chi connectivity index (χ1v) is 6.35. The summed E-state index contributed by atoms with van der Waals surface area (Å²) in [4.78, 5) is 11.8. The van der Waals surface area contributed by atoms with Crippen LogP contribution in [0.1, 0.15) is 55.8 Å². The van der Waals surface area contributed by atoms with Crippen LogP contribution in [0.15, 0.2) is 12.1 Å². The number of phenols is 3. The summed E-state index contributed by atoms with van der Waals surface area (Å²) in [6.45, 7) is 2.13. The molecule has 0 fully saturated rings. The number of aromatic hydroxyl groups is 3. The fourth-order valence-corrected chi connectivity index (χ4v) is 1.82. The number of benzene rings is 1. The van der Waals surface area contributed by atoms with E-state index in [1.165, 1.54) is 18.6 Å². The van der Waals surface area contributed by atoms with Gasteiger partial charge in [0.05, 0.1) is 5.56 Å². The smallest absolute Gasteiger partial charge is 0.201 e. The number of Topliss-reactive ketones (excluding diaryl/α,β-unsaturated/α-hetero) is 1. The number of rotatable bonds is 7. The predicted molar refractivity (Wildman–Crippen MR) is 69.1 cm³/mol. The molecular formula is C14H20O4. The largest absolute Gasteiger partial charge is 0.504 e. The minimum atomic E-state index is -0.633. The molecule has 0 aliphatic rings. The number of ketones is 1. The first kappa shape index (κ1) is 14.4. The summed E-state index contributed by atoms with van der Waals surface area (Å²) in [6, 6.07) is 2.54. The monoisotopic (exact) mass is 252 g/mol. The molecule has 0 spiro atoms. The van der Waals surface area contributed by atoms with E-state index in [4.69, 9.17) is 5.11 Å². The summed E-state index contributed by atoms with van der Waals surface area (Å²) in [5, 5.41) is 28.0. The quantitative estimate of drug-likeness (QED) is 0.395. The Hall–Kier alpha value is -1.71. The van der Waals surface area contributed by atoms with Gasteiger partial charge >= 0.3 is 0 Å². The molecule has 1 aromatic rings. The maximum atomic E-state index is 11.8. The van der Waals surface area contributed by atoms with Crippen LogP contribution in [0.2, 0.25) is 0 Å². The molecule has 0 aromatic heterocycles. The zero-order valence-corrected chi connectivity index (χ0v) is 10.6. The molecule has 0 aliphatic heterocycles. The summed E-state index contributed by atoms with van der Waals surface area (Å²) in [6.07, 6.45) is 5.54. The van der Waals surface area contributed by atoms with Crippen molar-refractivity contribution < 1.29 is 20.1 Å². The van der Waals surface area contributed by atoms with Crippen molar-refractivity contribution in [2.24, 2.45) is 0 Å². The normalized spacial score (nSPS) is 10.5. The zero-order valence-electron chi connectivity index (χ0n) is 10.6.